The summed E-state index contributed by atoms with van der Waals surface area (Å²) in [5, 5.41) is 6.54. The monoisotopic (exact) mass is 449 g/mol. The van der Waals surface area contributed by atoms with E-state index < -0.39 is 0 Å². The number of methoxy groups -OCH3 is 1. The third kappa shape index (κ3) is 9.32. The molecule has 0 aliphatic carbocycles. The highest BCUT2D eigenvalue weighted by Crippen LogP contribution is 2.13. The lowest BCUT2D eigenvalue weighted by atomic mass is 10.1. The molecule has 0 amide bonds. The van der Waals surface area contributed by atoms with Crippen LogP contribution >= 0.6 is 24.0 Å². The molecule has 1 aromatic rings. The highest BCUT2D eigenvalue weighted by Gasteiger charge is 2.16. The number of guanidine groups is 1. The lowest BCUT2D eigenvalue weighted by Crippen LogP contribution is -2.42. The molecule has 0 spiro atoms. The minimum Gasteiger partial charge on any atom is -0.489 e. The number of hydrogen-bond donors (Lipinski definition) is 2. The van der Waals surface area contributed by atoms with Crippen LogP contribution in [0.5, 0.6) is 5.75 Å². The van der Waals surface area contributed by atoms with Crippen LogP contribution in [-0.2, 0) is 4.74 Å². The molecule has 1 unspecified atom stereocenters. The Morgan fingerprint density at radius 2 is 1.83 bits per heavy atom. The first-order valence-corrected chi connectivity index (χ1v) is 8.17. The van der Waals surface area contributed by atoms with E-state index in [0.717, 1.165) is 18.3 Å². The second kappa shape index (κ2) is 11.5. The number of nitrogens with zero attached hydrogens (tertiary/aromatic N) is 1. The molecular formula is C18H32IN3O2. The molecule has 0 saturated heterocycles. The number of hydrogen-bond acceptors (Lipinski definition) is 3. The van der Waals surface area contributed by atoms with Crippen molar-refractivity contribution >= 4 is 29.9 Å². The molecule has 0 heterocycles. The Morgan fingerprint density at radius 3 is 2.38 bits per heavy atom. The molecule has 2 N–H and O–H groups in total. The van der Waals surface area contributed by atoms with E-state index in [1.54, 1.807) is 7.11 Å². The van der Waals surface area contributed by atoms with E-state index in [9.17, 15) is 0 Å². The second-order valence-electron chi connectivity index (χ2n) is 6.28. The quantitative estimate of drug-likeness (QED) is 0.363. The van der Waals surface area contributed by atoms with Gasteiger partial charge in [-0.05, 0) is 46.8 Å². The molecule has 0 aliphatic heterocycles. The fourth-order valence-electron chi connectivity index (χ4n) is 1.81. The van der Waals surface area contributed by atoms with Gasteiger partial charge < -0.3 is 20.1 Å². The average molecular weight is 449 g/mol. The predicted octanol–water partition coefficient (Wildman–Crippen LogP) is 3.36. The van der Waals surface area contributed by atoms with E-state index in [2.05, 4.69) is 22.5 Å². The third-order valence-corrected chi connectivity index (χ3v) is 3.43. The van der Waals surface area contributed by atoms with Crippen molar-refractivity contribution in [1.29, 1.82) is 0 Å². The number of nitrogens with one attached hydrogen (secondary N) is 2. The average Bonchev–Trinajstić information content (AvgIpc) is 2.52. The molecule has 1 aromatic carbocycles. The van der Waals surface area contributed by atoms with Crippen LogP contribution in [0.3, 0.4) is 0 Å². The topological polar surface area (TPSA) is 54.9 Å². The summed E-state index contributed by atoms with van der Waals surface area (Å²) in [5.41, 5.74) is 0.956. The maximum absolute atomic E-state index is 5.89. The van der Waals surface area contributed by atoms with Crippen molar-refractivity contribution in [3.05, 3.63) is 29.8 Å². The van der Waals surface area contributed by atoms with Crippen LogP contribution in [0.4, 0.5) is 0 Å². The molecular weight excluding hydrogens is 417 g/mol. The Kier molecular flexibility index (Phi) is 11.0. The number of halogens is 1. The van der Waals surface area contributed by atoms with Gasteiger partial charge in [0.05, 0.1) is 18.7 Å². The molecule has 0 saturated carbocycles. The Morgan fingerprint density at radius 1 is 1.21 bits per heavy atom. The molecule has 24 heavy (non-hydrogen) atoms. The van der Waals surface area contributed by atoms with Crippen LogP contribution in [0.15, 0.2) is 29.3 Å². The van der Waals surface area contributed by atoms with Gasteiger partial charge in [0.1, 0.15) is 11.9 Å². The largest absolute Gasteiger partial charge is 0.489 e. The first-order chi connectivity index (χ1) is 10.9. The standard InChI is InChI=1S/C18H31N3O2.HI/c1-7-19-17(21-13-18(4,5)22-6)20-12-15(3)23-16-10-8-14(2)9-11-16;/h8-11,15H,7,12-13H2,1-6H3,(H2,19,20,21);1H. The van der Waals surface area contributed by atoms with Gasteiger partial charge >= 0.3 is 0 Å². The summed E-state index contributed by atoms with van der Waals surface area (Å²) in [7, 11) is 1.70. The lowest BCUT2D eigenvalue weighted by Gasteiger charge is -2.22. The van der Waals surface area contributed by atoms with Gasteiger partial charge in [-0.25, -0.2) is 0 Å². The van der Waals surface area contributed by atoms with Crippen LogP contribution in [0.1, 0.15) is 33.3 Å². The first-order valence-electron chi connectivity index (χ1n) is 8.17. The van der Waals surface area contributed by atoms with Gasteiger partial charge in [-0.1, -0.05) is 17.7 Å². The molecule has 1 rings (SSSR count). The van der Waals surface area contributed by atoms with E-state index in [1.165, 1.54) is 5.56 Å². The highest BCUT2D eigenvalue weighted by molar-refractivity contribution is 14.0. The number of benzene rings is 1. The molecule has 0 bridgehead atoms. The summed E-state index contributed by atoms with van der Waals surface area (Å²) in [6, 6.07) is 8.08. The van der Waals surface area contributed by atoms with Crippen molar-refractivity contribution in [3.63, 3.8) is 0 Å². The smallest absolute Gasteiger partial charge is 0.191 e. The third-order valence-electron chi connectivity index (χ3n) is 3.43. The Bertz CT molecular complexity index is 490. The van der Waals surface area contributed by atoms with Crippen molar-refractivity contribution in [3.8, 4) is 5.75 Å². The summed E-state index contributed by atoms with van der Waals surface area (Å²) in [6.07, 6.45) is 0.0389. The predicted molar refractivity (Wildman–Crippen MR) is 112 cm³/mol. The number of rotatable bonds is 8. The van der Waals surface area contributed by atoms with Crippen LogP contribution in [0.2, 0.25) is 0 Å². The van der Waals surface area contributed by atoms with Crippen molar-refractivity contribution in [2.24, 2.45) is 4.99 Å². The zero-order valence-corrected chi connectivity index (χ0v) is 18.0. The summed E-state index contributed by atoms with van der Waals surface area (Å²) in [4.78, 5) is 4.56. The molecule has 6 heteroatoms. The minimum absolute atomic E-state index is 0. The van der Waals surface area contributed by atoms with Crippen molar-refractivity contribution in [2.75, 3.05) is 26.7 Å². The summed E-state index contributed by atoms with van der Waals surface area (Å²) in [5.74, 6) is 1.66. The lowest BCUT2D eigenvalue weighted by molar-refractivity contribution is 0.0310. The Labute approximate surface area is 163 Å². The molecule has 0 aliphatic rings. The van der Waals surface area contributed by atoms with Crippen LogP contribution in [-0.4, -0.2) is 44.4 Å². The van der Waals surface area contributed by atoms with E-state index in [-0.39, 0.29) is 35.7 Å². The van der Waals surface area contributed by atoms with E-state index in [0.29, 0.717) is 13.1 Å². The summed E-state index contributed by atoms with van der Waals surface area (Å²) in [6.45, 7) is 12.3. The highest BCUT2D eigenvalue weighted by atomic mass is 127. The van der Waals surface area contributed by atoms with Crippen LogP contribution in [0.25, 0.3) is 0 Å². The van der Waals surface area contributed by atoms with Crippen LogP contribution < -0.4 is 15.4 Å². The summed E-state index contributed by atoms with van der Waals surface area (Å²) < 4.78 is 11.3. The van der Waals surface area contributed by atoms with Gasteiger partial charge in [-0.3, -0.25) is 4.99 Å². The zero-order chi connectivity index (χ0) is 17.3. The maximum Gasteiger partial charge on any atom is 0.191 e. The van der Waals surface area contributed by atoms with Crippen molar-refractivity contribution in [2.45, 2.75) is 46.3 Å². The number of ether oxygens (including phenoxy) is 2. The van der Waals surface area contributed by atoms with Crippen molar-refractivity contribution < 1.29 is 9.47 Å². The van der Waals surface area contributed by atoms with Gasteiger partial charge in [0.15, 0.2) is 5.96 Å². The molecule has 0 fully saturated rings. The number of aliphatic imine (C=N–C) groups is 1. The minimum atomic E-state index is -0.271. The van der Waals surface area contributed by atoms with Gasteiger partial charge in [-0.15, -0.1) is 24.0 Å². The van der Waals surface area contributed by atoms with E-state index in [1.807, 2.05) is 52.0 Å². The fraction of sp³-hybridized carbons (Fsp3) is 0.611. The normalized spacial score (nSPS) is 13.0. The molecule has 5 nitrogen and oxygen atoms in total. The van der Waals surface area contributed by atoms with E-state index >= 15 is 0 Å². The molecule has 138 valence electrons. The van der Waals surface area contributed by atoms with Gasteiger partial charge in [0, 0.05) is 13.7 Å². The van der Waals surface area contributed by atoms with Gasteiger partial charge in [0.2, 0.25) is 0 Å². The van der Waals surface area contributed by atoms with E-state index in [4.69, 9.17) is 9.47 Å². The molecule has 0 radical (unpaired) electrons. The summed E-state index contributed by atoms with van der Waals surface area (Å²) >= 11 is 0. The maximum atomic E-state index is 5.89. The van der Waals surface area contributed by atoms with Gasteiger partial charge in [0.25, 0.3) is 0 Å². The molecule has 1 atom stereocenters. The Balaban J connectivity index is 0.00000529. The fourth-order valence-corrected chi connectivity index (χ4v) is 1.81. The molecule has 0 aromatic heterocycles. The first kappa shape index (κ1) is 23.0. The van der Waals surface area contributed by atoms with Gasteiger partial charge in [-0.2, -0.15) is 0 Å². The number of aryl methyl sites for hydroxylation is 1. The van der Waals surface area contributed by atoms with Crippen LogP contribution in [0, 0.1) is 6.92 Å². The zero-order valence-electron chi connectivity index (χ0n) is 15.7. The second-order valence-corrected chi connectivity index (χ2v) is 6.28. The SMILES string of the molecule is CCNC(=NCC(C)(C)OC)NCC(C)Oc1ccc(C)cc1.I. The Hall–Kier alpha value is -1.02. The van der Waals surface area contributed by atoms with Crippen molar-refractivity contribution in [1.82, 2.24) is 10.6 Å².